The SMILES string of the molecule is O=C(Cc1c(F)cccc1Cl)NCCc1ccc(-n2cccn2)cc1. The van der Waals surface area contributed by atoms with Gasteiger partial charge in [0.25, 0.3) is 0 Å². The van der Waals surface area contributed by atoms with Crippen LogP contribution in [-0.4, -0.2) is 22.2 Å². The van der Waals surface area contributed by atoms with Gasteiger partial charge in [0.2, 0.25) is 5.91 Å². The maximum atomic E-state index is 13.7. The van der Waals surface area contributed by atoms with Gasteiger partial charge in [-0.2, -0.15) is 5.10 Å². The molecule has 0 saturated carbocycles. The van der Waals surface area contributed by atoms with Crippen molar-refractivity contribution in [2.24, 2.45) is 0 Å². The summed E-state index contributed by atoms with van der Waals surface area (Å²) in [4.78, 5) is 12.0. The van der Waals surface area contributed by atoms with Crippen molar-refractivity contribution in [3.05, 3.63) is 82.9 Å². The molecule has 0 saturated heterocycles. The second-order valence-electron chi connectivity index (χ2n) is 5.59. The maximum Gasteiger partial charge on any atom is 0.224 e. The molecule has 1 N–H and O–H groups in total. The molecule has 128 valence electrons. The van der Waals surface area contributed by atoms with Gasteiger partial charge < -0.3 is 5.32 Å². The minimum absolute atomic E-state index is 0.0657. The van der Waals surface area contributed by atoms with Crippen LogP contribution in [0, 0.1) is 5.82 Å². The summed E-state index contributed by atoms with van der Waals surface area (Å²) in [5.41, 5.74) is 2.30. The summed E-state index contributed by atoms with van der Waals surface area (Å²) in [7, 11) is 0. The first kappa shape index (κ1) is 17.2. The number of nitrogens with zero attached hydrogens (tertiary/aromatic N) is 2. The van der Waals surface area contributed by atoms with Crippen molar-refractivity contribution >= 4 is 17.5 Å². The summed E-state index contributed by atoms with van der Waals surface area (Å²) >= 11 is 5.93. The van der Waals surface area contributed by atoms with Crippen molar-refractivity contribution in [3.63, 3.8) is 0 Å². The molecule has 0 aliphatic heterocycles. The van der Waals surface area contributed by atoms with Gasteiger partial charge in [0, 0.05) is 29.5 Å². The summed E-state index contributed by atoms with van der Waals surface area (Å²) in [6, 6.07) is 14.2. The molecule has 3 aromatic rings. The molecule has 0 spiro atoms. The first-order chi connectivity index (χ1) is 12.1. The molecule has 1 aromatic heterocycles. The van der Waals surface area contributed by atoms with E-state index < -0.39 is 5.82 Å². The van der Waals surface area contributed by atoms with Crippen LogP contribution in [0.1, 0.15) is 11.1 Å². The number of carbonyl (C=O) groups is 1. The molecular weight excluding hydrogens is 341 g/mol. The molecule has 0 aliphatic rings. The number of carbonyl (C=O) groups excluding carboxylic acids is 1. The summed E-state index contributed by atoms with van der Waals surface area (Å²) in [6.45, 7) is 0.478. The van der Waals surface area contributed by atoms with Crippen molar-refractivity contribution in [2.75, 3.05) is 6.54 Å². The Kier molecular flexibility index (Phi) is 5.46. The second-order valence-corrected chi connectivity index (χ2v) is 6.00. The predicted molar refractivity (Wildman–Crippen MR) is 95.4 cm³/mol. The number of nitrogens with one attached hydrogen (secondary N) is 1. The Labute approximate surface area is 150 Å². The summed E-state index contributed by atoms with van der Waals surface area (Å²) in [6.07, 6.45) is 4.23. The highest BCUT2D eigenvalue weighted by molar-refractivity contribution is 6.31. The van der Waals surface area contributed by atoms with Crippen LogP contribution in [0.2, 0.25) is 5.02 Å². The Morgan fingerprint density at radius 2 is 1.96 bits per heavy atom. The average molecular weight is 358 g/mol. The van der Waals surface area contributed by atoms with Gasteiger partial charge in [-0.1, -0.05) is 29.8 Å². The first-order valence-electron chi connectivity index (χ1n) is 7.92. The van der Waals surface area contributed by atoms with Crippen LogP contribution in [-0.2, 0) is 17.6 Å². The lowest BCUT2D eigenvalue weighted by molar-refractivity contribution is -0.120. The van der Waals surface area contributed by atoms with E-state index >= 15 is 0 Å². The Morgan fingerprint density at radius 1 is 1.16 bits per heavy atom. The Hall–Kier alpha value is -2.66. The molecular formula is C19H17ClFN3O. The van der Waals surface area contributed by atoms with Crippen LogP contribution >= 0.6 is 11.6 Å². The lowest BCUT2D eigenvalue weighted by Gasteiger charge is -2.08. The average Bonchev–Trinajstić information content (AvgIpc) is 3.13. The van der Waals surface area contributed by atoms with E-state index in [2.05, 4.69) is 10.4 Å². The van der Waals surface area contributed by atoms with Crippen LogP contribution in [0.25, 0.3) is 5.69 Å². The van der Waals surface area contributed by atoms with Crippen LogP contribution in [0.4, 0.5) is 4.39 Å². The minimum atomic E-state index is -0.461. The standard InChI is InChI=1S/C19H17ClFN3O/c20-17-3-1-4-18(21)16(17)13-19(25)22-11-9-14-5-7-15(8-6-14)24-12-2-10-23-24/h1-8,10,12H,9,11,13H2,(H,22,25). The predicted octanol–water partition coefficient (Wildman–Crippen LogP) is 3.57. The molecule has 0 atom stereocenters. The number of halogens is 2. The zero-order chi connectivity index (χ0) is 17.6. The van der Waals surface area contributed by atoms with Crippen molar-refractivity contribution in [3.8, 4) is 5.69 Å². The van der Waals surface area contributed by atoms with Gasteiger partial charge >= 0.3 is 0 Å². The van der Waals surface area contributed by atoms with Gasteiger partial charge in [0.1, 0.15) is 5.82 Å². The van der Waals surface area contributed by atoms with Crippen LogP contribution in [0.3, 0.4) is 0 Å². The van der Waals surface area contributed by atoms with Crippen molar-refractivity contribution in [1.82, 2.24) is 15.1 Å². The minimum Gasteiger partial charge on any atom is -0.355 e. The molecule has 6 heteroatoms. The van der Waals surface area contributed by atoms with Crippen LogP contribution in [0.5, 0.6) is 0 Å². The van der Waals surface area contributed by atoms with Crippen molar-refractivity contribution < 1.29 is 9.18 Å². The molecule has 0 bridgehead atoms. The van der Waals surface area contributed by atoms with Gasteiger partial charge in [0.05, 0.1) is 12.1 Å². The smallest absolute Gasteiger partial charge is 0.224 e. The van der Waals surface area contributed by atoms with Gasteiger partial charge in [-0.3, -0.25) is 4.79 Å². The van der Waals surface area contributed by atoms with Crippen molar-refractivity contribution in [2.45, 2.75) is 12.8 Å². The Bertz CT molecular complexity index is 827. The summed E-state index contributed by atoms with van der Waals surface area (Å²) in [5, 5.41) is 7.24. The lowest BCUT2D eigenvalue weighted by atomic mass is 10.1. The number of hydrogen-bond acceptors (Lipinski definition) is 2. The highest BCUT2D eigenvalue weighted by atomic mass is 35.5. The van der Waals surface area contributed by atoms with E-state index in [0.29, 0.717) is 13.0 Å². The third-order valence-corrected chi connectivity index (χ3v) is 4.19. The van der Waals surface area contributed by atoms with Crippen LogP contribution in [0.15, 0.2) is 60.9 Å². The molecule has 2 aromatic carbocycles. The molecule has 3 rings (SSSR count). The van der Waals surface area contributed by atoms with E-state index in [1.807, 2.05) is 36.5 Å². The van der Waals surface area contributed by atoms with E-state index in [0.717, 1.165) is 11.3 Å². The highest BCUT2D eigenvalue weighted by Crippen LogP contribution is 2.19. The van der Waals surface area contributed by atoms with Gasteiger partial charge in [-0.15, -0.1) is 0 Å². The van der Waals surface area contributed by atoms with E-state index in [-0.39, 0.29) is 22.9 Å². The zero-order valence-corrected chi connectivity index (χ0v) is 14.2. The molecule has 0 aliphatic carbocycles. The monoisotopic (exact) mass is 357 g/mol. The topological polar surface area (TPSA) is 46.9 Å². The van der Waals surface area contributed by atoms with Gasteiger partial charge in [-0.05, 0) is 42.3 Å². The first-order valence-corrected chi connectivity index (χ1v) is 8.30. The Balaban J connectivity index is 1.50. The number of benzene rings is 2. The number of aromatic nitrogens is 2. The normalized spacial score (nSPS) is 10.6. The fourth-order valence-electron chi connectivity index (χ4n) is 2.51. The zero-order valence-electron chi connectivity index (χ0n) is 13.5. The number of rotatable bonds is 6. The third-order valence-electron chi connectivity index (χ3n) is 3.84. The molecule has 1 amide bonds. The lowest BCUT2D eigenvalue weighted by Crippen LogP contribution is -2.27. The molecule has 0 unspecified atom stereocenters. The quantitative estimate of drug-likeness (QED) is 0.733. The van der Waals surface area contributed by atoms with E-state index in [9.17, 15) is 9.18 Å². The molecule has 0 radical (unpaired) electrons. The highest BCUT2D eigenvalue weighted by Gasteiger charge is 2.11. The van der Waals surface area contributed by atoms with Crippen molar-refractivity contribution in [1.29, 1.82) is 0 Å². The van der Waals surface area contributed by atoms with Gasteiger partial charge in [-0.25, -0.2) is 9.07 Å². The maximum absolute atomic E-state index is 13.7. The molecule has 1 heterocycles. The molecule has 0 fully saturated rings. The summed E-state index contributed by atoms with van der Waals surface area (Å²) in [5.74, 6) is -0.711. The van der Waals surface area contributed by atoms with E-state index in [4.69, 9.17) is 11.6 Å². The largest absolute Gasteiger partial charge is 0.355 e. The van der Waals surface area contributed by atoms with E-state index in [1.165, 1.54) is 12.1 Å². The number of hydrogen-bond donors (Lipinski definition) is 1. The van der Waals surface area contributed by atoms with Gasteiger partial charge in [0.15, 0.2) is 0 Å². The fourth-order valence-corrected chi connectivity index (χ4v) is 2.74. The summed E-state index contributed by atoms with van der Waals surface area (Å²) < 4.78 is 15.5. The molecule has 4 nitrogen and oxygen atoms in total. The number of amides is 1. The van der Waals surface area contributed by atoms with Crippen LogP contribution < -0.4 is 5.32 Å². The fraction of sp³-hybridized carbons (Fsp3) is 0.158. The Morgan fingerprint density at radius 3 is 2.64 bits per heavy atom. The molecule has 25 heavy (non-hydrogen) atoms. The van der Waals surface area contributed by atoms with E-state index in [1.54, 1.807) is 16.9 Å². The third kappa shape index (κ3) is 4.45. The second kappa shape index (κ2) is 7.94.